The molecule has 5 unspecified atom stereocenters. The predicted octanol–water partition coefficient (Wildman–Crippen LogP) is 3.69. The van der Waals surface area contributed by atoms with E-state index in [1.54, 1.807) is 25.7 Å². The fourth-order valence-corrected chi connectivity index (χ4v) is 8.34. The van der Waals surface area contributed by atoms with Crippen molar-refractivity contribution in [2.45, 2.75) is 128 Å². The van der Waals surface area contributed by atoms with Gasteiger partial charge in [-0.25, -0.2) is 18.0 Å². The molecule has 1 aromatic rings. The number of ether oxygens (including phenoxy) is 2. The molecule has 4 aliphatic rings. The lowest BCUT2D eigenvalue weighted by Crippen LogP contribution is -2.58. The summed E-state index contributed by atoms with van der Waals surface area (Å²) in [5, 5.41) is 5.52. The summed E-state index contributed by atoms with van der Waals surface area (Å²) < 4.78 is 39.1. The van der Waals surface area contributed by atoms with Crippen LogP contribution in [0.4, 0.5) is 9.59 Å². The number of rotatable bonds is 7. The molecule has 3 aliphatic heterocycles. The average Bonchev–Trinajstić information content (AvgIpc) is 3.61. The minimum absolute atomic E-state index is 0.0557. The molecule has 52 heavy (non-hydrogen) atoms. The number of nitrogens with zero attached hydrogens (tertiary/aromatic N) is 2. The molecule has 15 heteroatoms. The Balaban J connectivity index is 1.40. The van der Waals surface area contributed by atoms with Crippen LogP contribution in [-0.4, -0.2) is 96.3 Å². The molecule has 1 saturated carbocycles. The molecule has 5 atom stereocenters. The molecule has 3 N–H and O–H groups in total. The maximum Gasteiger partial charge on any atom is 0.410 e. The zero-order valence-electron chi connectivity index (χ0n) is 30.6. The highest BCUT2D eigenvalue weighted by molar-refractivity contribution is 7.90. The number of hydrogen-bond acceptors (Lipinski definition) is 9. The van der Waals surface area contributed by atoms with E-state index in [-0.39, 0.29) is 31.6 Å². The summed E-state index contributed by atoms with van der Waals surface area (Å²) in [5.74, 6) is -2.73. The number of sulfonamides is 1. The normalized spacial score (nSPS) is 26.8. The standard InChI is InChI=1S/C37H53N5O9S/c1-5-6-20-52(48,49)40-33(45)37-22-27(37)16-10-8-7-9-11-17-29(38-34(46)51-36(2,3)4)32(44)42-24-28(21-30(42)31(43)39-37)50-35(47)41-19-18-25-14-12-13-15-26(25)23-41/h10,12-16,27-30H,5-9,11,17-24H2,1-4H3,(H,38,46)(H,39,43)(H,40,45). The van der Waals surface area contributed by atoms with Gasteiger partial charge in [-0.05, 0) is 70.4 Å². The fraction of sp³-hybridized carbons (Fsp3) is 0.649. The Kier molecular flexibility index (Phi) is 12.2. The smallest absolute Gasteiger partial charge is 0.410 e. The van der Waals surface area contributed by atoms with E-state index in [9.17, 15) is 32.4 Å². The first-order valence-corrected chi connectivity index (χ1v) is 20.1. The number of carbonyl (C=O) groups is 5. The average molecular weight is 744 g/mol. The number of allylic oxidation sites excluding steroid dienone is 1. The molecule has 0 spiro atoms. The van der Waals surface area contributed by atoms with Crippen molar-refractivity contribution < 1.29 is 41.9 Å². The molecule has 3 heterocycles. The zero-order chi connectivity index (χ0) is 37.7. The van der Waals surface area contributed by atoms with Gasteiger partial charge in [0.05, 0.1) is 12.3 Å². The summed E-state index contributed by atoms with van der Waals surface area (Å²) in [7, 11) is -3.95. The van der Waals surface area contributed by atoms with Gasteiger partial charge in [0.1, 0.15) is 29.3 Å². The van der Waals surface area contributed by atoms with E-state index in [0.717, 1.165) is 24.0 Å². The second-order valence-electron chi connectivity index (χ2n) is 15.3. The van der Waals surface area contributed by atoms with Crippen molar-refractivity contribution in [3.8, 4) is 0 Å². The van der Waals surface area contributed by atoms with Crippen LogP contribution in [0, 0.1) is 5.92 Å². The third-order valence-electron chi connectivity index (χ3n) is 10.0. The Morgan fingerprint density at radius 1 is 1.08 bits per heavy atom. The molecule has 14 nitrogen and oxygen atoms in total. The monoisotopic (exact) mass is 743 g/mol. The third kappa shape index (κ3) is 9.84. The van der Waals surface area contributed by atoms with Gasteiger partial charge in [0.2, 0.25) is 21.8 Å². The molecule has 0 bridgehead atoms. The van der Waals surface area contributed by atoms with E-state index in [1.807, 2.05) is 43.3 Å². The van der Waals surface area contributed by atoms with Crippen LogP contribution in [0.25, 0.3) is 0 Å². The zero-order valence-corrected chi connectivity index (χ0v) is 31.5. The van der Waals surface area contributed by atoms with Crippen molar-refractivity contribution in [3.05, 3.63) is 47.5 Å². The number of carbonyl (C=O) groups excluding carboxylic acids is 5. The van der Waals surface area contributed by atoms with Gasteiger partial charge in [-0.3, -0.25) is 19.1 Å². The van der Waals surface area contributed by atoms with Crippen LogP contribution < -0.4 is 15.4 Å². The second-order valence-corrected chi connectivity index (χ2v) is 17.2. The van der Waals surface area contributed by atoms with E-state index in [2.05, 4.69) is 15.4 Å². The van der Waals surface area contributed by atoms with Crippen LogP contribution in [0.1, 0.15) is 96.6 Å². The molecule has 1 saturated heterocycles. The first-order valence-electron chi connectivity index (χ1n) is 18.5. The Bertz CT molecular complexity index is 1660. The first kappa shape index (κ1) is 39.1. The summed E-state index contributed by atoms with van der Waals surface area (Å²) in [5.41, 5.74) is -0.174. The summed E-state index contributed by atoms with van der Waals surface area (Å²) >= 11 is 0. The van der Waals surface area contributed by atoms with E-state index in [1.165, 1.54) is 4.90 Å². The van der Waals surface area contributed by atoms with E-state index in [4.69, 9.17) is 9.47 Å². The van der Waals surface area contributed by atoms with Gasteiger partial charge in [-0.15, -0.1) is 0 Å². The molecule has 5 rings (SSSR count). The Morgan fingerprint density at radius 3 is 2.56 bits per heavy atom. The van der Waals surface area contributed by atoms with Gasteiger partial charge in [-0.1, -0.05) is 62.6 Å². The second kappa shape index (κ2) is 16.3. The SMILES string of the molecule is CCCCS(=O)(=O)NC(=O)C12CC1C=CCCCCCC(NC(=O)OC(C)(C)C)C(=O)N1CC(OC(=O)N3CCc4ccccc4C3)CC1C(=O)N2. The van der Waals surface area contributed by atoms with Gasteiger partial charge >= 0.3 is 12.2 Å². The number of alkyl carbamates (subject to hydrolysis) is 1. The first-order chi connectivity index (χ1) is 24.6. The topological polar surface area (TPSA) is 181 Å². The van der Waals surface area contributed by atoms with Crippen LogP contribution in [0.2, 0.25) is 0 Å². The number of unbranched alkanes of at least 4 members (excludes halogenated alkanes) is 1. The molecule has 2 fully saturated rings. The van der Waals surface area contributed by atoms with Crippen LogP contribution in [0.3, 0.4) is 0 Å². The number of hydrogen-bond donors (Lipinski definition) is 3. The number of nitrogens with one attached hydrogen (secondary N) is 3. The van der Waals surface area contributed by atoms with Crippen molar-refractivity contribution in [3.63, 3.8) is 0 Å². The summed E-state index contributed by atoms with van der Waals surface area (Å²) in [6, 6.07) is 5.65. The van der Waals surface area contributed by atoms with Crippen LogP contribution in [0.5, 0.6) is 0 Å². The quantitative estimate of drug-likeness (QED) is 0.351. The van der Waals surface area contributed by atoms with Crippen LogP contribution in [-0.2, 0) is 46.8 Å². The van der Waals surface area contributed by atoms with Crippen molar-refractivity contribution >= 4 is 39.9 Å². The van der Waals surface area contributed by atoms with Gasteiger partial charge in [-0.2, -0.15) is 0 Å². The van der Waals surface area contributed by atoms with E-state index >= 15 is 0 Å². The third-order valence-corrected chi connectivity index (χ3v) is 11.3. The van der Waals surface area contributed by atoms with Crippen LogP contribution in [0.15, 0.2) is 36.4 Å². The minimum atomic E-state index is -3.95. The van der Waals surface area contributed by atoms with Gasteiger partial charge < -0.3 is 29.9 Å². The van der Waals surface area contributed by atoms with Gasteiger partial charge in [0.15, 0.2) is 0 Å². The number of fused-ring (bicyclic) bond motifs is 3. The minimum Gasteiger partial charge on any atom is -0.444 e. The lowest BCUT2D eigenvalue weighted by Gasteiger charge is -2.30. The molecule has 0 radical (unpaired) electrons. The van der Waals surface area contributed by atoms with Gasteiger partial charge in [0, 0.05) is 25.4 Å². The summed E-state index contributed by atoms with van der Waals surface area (Å²) in [6.07, 6.45) is 6.42. The van der Waals surface area contributed by atoms with Crippen molar-refractivity contribution in [2.75, 3.05) is 18.8 Å². The number of benzene rings is 1. The van der Waals surface area contributed by atoms with E-state index < -0.39 is 75.2 Å². The maximum atomic E-state index is 14.3. The van der Waals surface area contributed by atoms with Crippen LogP contribution >= 0.6 is 0 Å². The predicted molar refractivity (Wildman–Crippen MR) is 192 cm³/mol. The highest BCUT2D eigenvalue weighted by atomic mass is 32.2. The molecular formula is C37H53N5O9S. The lowest BCUT2D eigenvalue weighted by atomic mass is 10.0. The number of amides is 5. The highest BCUT2D eigenvalue weighted by Gasteiger charge is 2.61. The summed E-state index contributed by atoms with van der Waals surface area (Å²) in [6.45, 7) is 7.68. The largest absolute Gasteiger partial charge is 0.444 e. The van der Waals surface area contributed by atoms with Crippen molar-refractivity contribution in [1.82, 2.24) is 25.2 Å². The molecular weight excluding hydrogens is 690 g/mol. The van der Waals surface area contributed by atoms with Crippen molar-refractivity contribution in [2.24, 2.45) is 5.92 Å². The molecule has 1 aromatic carbocycles. The Labute approximate surface area is 306 Å². The summed E-state index contributed by atoms with van der Waals surface area (Å²) in [4.78, 5) is 71.4. The Hall–Kier alpha value is -4.14. The van der Waals surface area contributed by atoms with Gasteiger partial charge in [0.25, 0.3) is 5.91 Å². The molecule has 0 aromatic heterocycles. The highest BCUT2D eigenvalue weighted by Crippen LogP contribution is 2.45. The van der Waals surface area contributed by atoms with E-state index in [0.29, 0.717) is 45.2 Å². The Morgan fingerprint density at radius 2 is 1.83 bits per heavy atom. The van der Waals surface area contributed by atoms with Crippen molar-refractivity contribution in [1.29, 1.82) is 0 Å². The molecule has 1 aliphatic carbocycles. The fourth-order valence-electron chi connectivity index (χ4n) is 7.10. The molecule has 5 amide bonds. The molecule has 286 valence electrons. The lowest BCUT2D eigenvalue weighted by molar-refractivity contribution is -0.141. The maximum absolute atomic E-state index is 14.3.